The second kappa shape index (κ2) is 9.32. The molecule has 0 aromatic carbocycles. The minimum atomic E-state index is 0.570. The van der Waals surface area contributed by atoms with Crippen molar-refractivity contribution in [3.05, 3.63) is 0 Å². The lowest BCUT2D eigenvalue weighted by Crippen LogP contribution is -2.28. The Morgan fingerprint density at radius 2 is 2.38 bits per heavy atom. The Balaban J connectivity index is 1.99. The number of nitrogens with one attached hydrogen (secondary N) is 1. The van der Waals surface area contributed by atoms with Crippen LogP contribution in [0.25, 0.3) is 0 Å². The van der Waals surface area contributed by atoms with Gasteiger partial charge in [-0.25, -0.2) is 0 Å². The number of hydrogen-bond donors (Lipinski definition) is 1. The molecule has 96 valence electrons. The molecular formula is C13H27NOS. The highest BCUT2D eigenvalue weighted by Crippen LogP contribution is 2.18. The molecule has 1 aliphatic rings. The maximum atomic E-state index is 5.64. The summed E-state index contributed by atoms with van der Waals surface area (Å²) in [4.78, 5) is 0. The zero-order chi connectivity index (χ0) is 11.6. The van der Waals surface area contributed by atoms with Crippen molar-refractivity contribution < 1.29 is 4.74 Å². The van der Waals surface area contributed by atoms with Crippen LogP contribution in [0.15, 0.2) is 0 Å². The molecule has 1 N–H and O–H groups in total. The van der Waals surface area contributed by atoms with Gasteiger partial charge >= 0.3 is 0 Å². The Morgan fingerprint density at radius 3 is 3.00 bits per heavy atom. The Labute approximate surface area is 105 Å². The van der Waals surface area contributed by atoms with Gasteiger partial charge in [0.2, 0.25) is 0 Å². The normalized spacial score (nSPS) is 22.5. The second-order valence-corrected chi connectivity index (χ2v) is 5.78. The van der Waals surface area contributed by atoms with E-state index >= 15 is 0 Å². The maximum Gasteiger partial charge on any atom is 0.0576 e. The molecule has 0 aromatic rings. The fourth-order valence-corrected chi connectivity index (χ4v) is 3.22. The number of thioether (sulfide) groups is 1. The largest absolute Gasteiger partial charge is 0.378 e. The summed E-state index contributed by atoms with van der Waals surface area (Å²) < 4.78 is 5.64. The van der Waals surface area contributed by atoms with Crippen LogP contribution in [-0.2, 0) is 4.74 Å². The van der Waals surface area contributed by atoms with E-state index < -0.39 is 0 Å². The SMILES string of the molecule is CCCSCC(CCCC1CCCO1)NC. The van der Waals surface area contributed by atoms with Gasteiger partial charge in [-0.15, -0.1) is 0 Å². The minimum absolute atomic E-state index is 0.570. The van der Waals surface area contributed by atoms with E-state index in [1.807, 2.05) is 0 Å². The first-order valence-electron chi connectivity index (χ1n) is 6.73. The van der Waals surface area contributed by atoms with E-state index in [1.165, 1.54) is 50.0 Å². The van der Waals surface area contributed by atoms with E-state index in [0.717, 1.165) is 6.61 Å². The van der Waals surface area contributed by atoms with Crippen molar-refractivity contribution in [2.75, 3.05) is 25.2 Å². The highest BCUT2D eigenvalue weighted by Gasteiger charge is 2.15. The third kappa shape index (κ3) is 6.12. The summed E-state index contributed by atoms with van der Waals surface area (Å²) in [5, 5.41) is 3.42. The molecule has 0 aromatic heterocycles. The molecule has 3 heteroatoms. The summed E-state index contributed by atoms with van der Waals surface area (Å²) in [5.74, 6) is 2.56. The van der Waals surface area contributed by atoms with Gasteiger partial charge in [-0.05, 0) is 51.3 Å². The molecule has 1 aliphatic heterocycles. The molecule has 0 radical (unpaired) electrons. The van der Waals surface area contributed by atoms with Gasteiger partial charge in [0.15, 0.2) is 0 Å². The van der Waals surface area contributed by atoms with E-state index in [2.05, 4.69) is 31.1 Å². The second-order valence-electron chi connectivity index (χ2n) is 4.63. The van der Waals surface area contributed by atoms with Gasteiger partial charge < -0.3 is 10.1 Å². The van der Waals surface area contributed by atoms with Crippen LogP contribution in [0.4, 0.5) is 0 Å². The highest BCUT2D eigenvalue weighted by atomic mass is 32.2. The van der Waals surface area contributed by atoms with Crippen LogP contribution in [-0.4, -0.2) is 37.3 Å². The summed E-state index contributed by atoms with van der Waals surface area (Å²) in [6.45, 7) is 3.24. The smallest absolute Gasteiger partial charge is 0.0576 e. The van der Waals surface area contributed by atoms with E-state index in [1.54, 1.807) is 0 Å². The van der Waals surface area contributed by atoms with Crippen molar-refractivity contribution in [1.29, 1.82) is 0 Å². The van der Waals surface area contributed by atoms with Gasteiger partial charge in [0.25, 0.3) is 0 Å². The Kier molecular flexibility index (Phi) is 8.34. The molecule has 2 unspecified atom stereocenters. The van der Waals surface area contributed by atoms with Crippen molar-refractivity contribution in [1.82, 2.24) is 5.32 Å². The number of hydrogen-bond acceptors (Lipinski definition) is 3. The van der Waals surface area contributed by atoms with Gasteiger partial charge in [0.05, 0.1) is 6.10 Å². The molecule has 0 amide bonds. The van der Waals surface area contributed by atoms with Crippen molar-refractivity contribution in [3.8, 4) is 0 Å². The van der Waals surface area contributed by atoms with Gasteiger partial charge in [-0.1, -0.05) is 6.92 Å². The van der Waals surface area contributed by atoms with Gasteiger partial charge in [0, 0.05) is 18.4 Å². The van der Waals surface area contributed by atoms with E-state index in [9.17, 15) is 0 Å². The van der Waals surface area contributed by atoms with Gasteiger partial charge in [0.1, 0.15) is 0 Å². The molecule has 0 bridgehead atoms. The number of ether oxygens (including phenoxy) is 1. The molecule has 0 spiro atoms. The molecule has 1 fully saturated rings. The van der Waals surface area contributed by atoms with Crippen LogP contribution >= 0.6 is 11.8 Å². The topological polar surface area (TPSA) is 21.3 Å². The van der Waals surface area contributed by atoms with Gasteiger partial charge in [-0.3, -0.25) is 0 Å². The summed E-state index contributed by atoms with van der Waals surface area (Å²) in [6, 6.07) is 0.693. The molecule has 1 rings (SSSR count). The summed E-state index contributed by atoms with van der Waals surface area (Å²) in [6.07, 6.45) is 8.28. The summed E-state index contributed by atoms with van der Waals surface area (Å²) >= 11 is 2.07. The fraction of sp³-hybridized carbons (Fsp3) is 1.00. The van der Waals surface area contributed by atoms with E-state index in [4.69, 9.17) is 4.74 Å². The number of rotatable bonds is 9. The van der Waals surface area contributed by atoms with Gasteiger partial charge in [-0.2, -0.15) is 11.8 Å². The van der Waals surface area contributed by atoms with Crippen LogP contribution in [0.2, 0.25) is 0 Å². The lowest BCUT2D eigenvalue weighted by atomic mass is 10.1. The first kappa shape index (κ1) is 14.3. The average molecular weight is 245 g/mol. The average Bonchev–Trinajstić information content (AvgIpc) is 2.80. The summed E-state index contributed by atoms with van der Waals surface area (Å²) in [5.41, 5.74) is 0. The molecule has 16 heavy (non-hydrogen) atoms. The zero-order valence-corrected chi connectivity index (χ0v) is 11.7. The predicted molar refractivity (Wildman–Crippen MR) is 73.3 cm³/mol. The molecule has 1 saturated heterocycles. The Morgan fingerprint density at radius 1 is 1.50 bits per heavy atom. The fourth-order valence-electron chi connectivity index (χ4n) is 2.14. The van der Waals surface area contributed by atoms with E-state index in [0.29, 0.717) is 12.1 Å². The molecular weight excluding hydrogens is 218 g/mol. The molecule has 2 nitrogen and oxygen atoms in total. The zero-order valence-electron chi connectivity index (χ0n) is 10.8. The van der Waals surface area contributed by atoms with Crippen LogP contribution in [0, 0.1) is 0 Å². The van der Waals surface area contributed by atoms with Crippen LogP contribution in [0.1, 0.15) is 45.4 Å². The Bertz CT molecular complexity index is 160. The van der Waals surface area contributed by atoms with Crippen LogP contribution < -0.4 is 5.32 Å². The highest BCUT2D eigenvalue weighted by molar-refractivity contribution is 7.99. The van der Waals surface area contributed by atoms with Crippen molar-refractivity contribution in [2.24, 2.45) is 0 Å². The van der Waals surface area contributed by atoms with E-state index in [-0.39, 0.29) is 0 Å². The molecule has 0 saturated carbocycles. The molecule has 1 heterocycles. The predicted octanol–water partition coefficient (Wildman–Crippen LogP) is 3.07. The third-order valence-electron chi connectivity index (χ3n) is 3.18. The van der Waals surface area contributed by atoms with Crippen molar-refractivity contribution in [2.45, 2.75) is 57.6 Å². The van der Waals surface area contributed by atoms with Crippen molar-refractivity contribution >= 4 is 11.8 Å². The first-order valence-corrected chi connectivity index (χ1v) is 7.89. The first-order chi connectivity index (χ1) is 7.86. The Hall–Kier alpha value is 0.270. The minimum Gasteiger partial charge on any atom is -0.378 e. The summed E-state index contributed by atoms with van der Waals surface area (Å²) in [7, 11) is 2.09. The molecule has 0 aliphatic carbocycles. The molecule has 2 atom stereocenters. The maximum absolute atomic E-state index is 5.64. The lowest BCUT2D eigenvalue weighted by molar-refractivity contribution is 0.101. The van der Waals surface area contributed by atoms with Crippen LogP contribution in [0.3, 0.4) is 0 Å². The quantitative estimate of drug-likeness (QED) is 0.631. The van der Waals surface area contributed by atoms with Crippen molar-refractivity contribution in [3.63, 3.8) is 0 Å². The standard InChI is InChI=1S/C13H27NOS/c1-3-10-16-11-12(14-2)6-4-7-13-8-5-9-15-13/h12-14H,3-11H2,1-2H3. The monoisotopic (exact) mass is 245 g/mol. The lowest BCUT2D eigenvalue weighted by Gasteiger charge is -2.16. The third-order valence-corrected chi connectivity index (χ3v) is 4.51. The van der Waals surface area contributed by atoms with Crippen LogP contribution in [0.5, 0.6) is 0 Å².